The molecule has 118 valence electrons. The molecule has 2 aromatic rings. The highest BCUT2D eigenvalue weighted by molar-refractivity contribution is 7.19. The van der Waals surface area contributed by atoms with E-state index >= 15 is 0 Å². The summed E-state index contributed by atoms with van der Waals surface area (Å²) in [5.74, 6) is 0.142. The third-order valence-corrected chi connectivity index (χ3v) is 5.62. The number of carbonyl (C=O) groups excluding carboxylic acids is 1. The van der Waals surface area contributed by atoms with E-state index in [0.717, 1.165) is 18.4 Å². The van der Waals surface area contributed by atoms with E-state index in [-0.39, 0.29) is 11.9 Å². The van der Waals surface area contributed by atoms with Crippen molar-refractivity contribution >= 4 is 27.3 Å². The molecule has 0 bridgehead atoms. The Morgan fingerprint density at radius 2 is 2.05 bits per heavy atom. The largest absolute Gasteiger partial charge is 0.352 e. The molecular formula is C18H24N2OS. The van der Waals surface area contributed by atoms with Crippen LogP contribution in [-0.2, 0) is 11.2 Å². The lowest BCUT2D eigenvalue weighted by Crippen LogP contribution is -2.50. The highest BCUT2D eigenvalue weighted by Gasteiger charge is 2.25. The van der Waals surface area contributed by atoms with Crippen molar-refractivity contribution in [1.29, 1.82) is 0 Å². The number of hydrogen-bond donors (Lipinski definition) is 2. The van der Waals surface area contributed by atoms with Crippen molar-refractivity contribution in [2.45, 2.75) is 51.1 Å². The van der Waals surface area contributed by atoms with Crippen molar-refractivity contribution in [2.75, 3.05) is 7.05 Å². The van der Waals surface area contributed by atoms with E-state index in [4.69, 9.17) is 0 Å². The first-order valence-electron chi connectivity index (χ1n) is 8.12. The number of benzene rings is 1. The van der Waals surface area contributed by atoms with Crippen molar-refractivity contribution in [3.8, 4) is 0 Å². The van der Waals surface area contributed by atoms with Crippen LogP contribution in [0.1, 0.15) is 36.1 Å². The third kappa shape index (κ3) is 3.33. The highest BCUT2D eigenvalue weighted by atomic mass is 32.1. The maximum atomic E-state index is 12.5. The van der Waals surface area contributed by atoms with Gasteiger partial charge in [0.05, 0.1) is 6.42 Å². The minimum atomic E-state index is 0.142. The molecule has 3 rings (SSSR count). The van der Waals surface area contributed by atoms with E-state index in [0.29, 0.717) is 12.5 Å². The lowest BCUT2D eigenvalue weighted by molar-refractivity contribution is -0.121. The van der Waals surface area contributed by atoms with Gasteiger partial charge >= 0.3 is 0 Å². The molecule has 22 heavy (non-hydrogen) atoms. The summed E-state index contributed by atoms with van der Waals surface area (Å²) in [6.45, 7) is 2.12. The molecule has 4 heteroatoms. The van der Waals surface area contributed by atoms with Crippen LogP contribution >= 0.6 is 11.3 Å². The van der Waals surface area contributed by atoms with Crippen LogP contribution in [-0.4, -0.2) is 25.0 Å². The average Bonchev–Trinajstić information content (AvgIpc) is 2.89. The maximum absolute atomic E-state index is 12.5. The van der Waals surface area contributed by atoms with Crippen LogP contribution in [0.3, 0.4) is 0 Å². The van der Waals surface area contributed by atoms with Gasteiger partial charge in [-0.25, -0.2) is 0 Å². The number of fused-ring (bicyclic) bond motifs is 1. The number of nitrogens with one attached hydrogen (secondary N) is 2. The quantitative estimate of drug-likeness (QED) is 0.908. The molecule has 1 heterocycles. The number of thiophene rings is 1. The van der Waals surface area contributed by atoms with Crippen LogP contribution in [0.2, 0.25) is 0 Å². The van der Waals surface area contributed by atoms with Crippen LogP contribution in [0.25, 0.3) is 10.1 Å². The molecule has 1 aliphatic rings. The third-order valence-electron chi connectivity index (χ3n) is 4.61. The summed E-state index contributed by atoms with van der Waals surface area (Å²) in [6.07, 6.45) is 5.17. The predicted octanol–water partition coefficient (Wildman–Crippen LogP) is 3.40. The van der Waals surface area contributed by atoms with Crippen molar-refractivity contribution in [1.82, 2.24) is 10.6 Å². The summed E-state index contributed by atoms with van der Waals surface area (Å²) in [4.78, 5) is 13.8. The Balaban J connectivity index is 1.70. The number of likely N-dealkylation sites (N-methyl/N-ethyl adjacent to an activating group) is 1. The van der Waals surface area contributed by atoms with Crippen molar-refractivity contribution < 1.29 is 4.79 Å². The van der Waals surface area contributed by atoms with Gasteiger partial charge < -0.3 is 10.6 Å². The summed E-state index contributed by atoms with van der Waals surface area (Å²) >= 11 is 1.79. The van der Waals surface area contributed by atoms with Crippen LogP contribution in [0.4, 0.5) is 0 Å². The Hall–Kier alpha value is -1.39. The topological polar surface area (TPSA) is 41.1 Å². The Labute approximate surface area is 136 Å². The molecular weight excluding hydrogens is 292 g/mol. The molecule has 1 amide bonds. The van der Waals surface area contributed by atoms with Crippen LogP contribution < -0.4 is 10.6 Å². The van der Waals surface area contributed by atoms with Gasteiger partial charge in [-0.1, -0.05) is 25.0 Å². The summed E-state index contributed by atoms with van der Waals surface area (Å²) in [7, 11) is 1.99. The Kier molecular flexibility index (Phi) is 4.79. The fraction of sp³-hybridized carbons (Fsp3) is 0.500. The fourth-order valence-electron chi connectivity index (χ4n) is 3.48. The Morgan fingerprint density at radius 3 is 2.82 bits per heavy atom. The van der Waals surface area contributed by atoms with Gasteiger partial charge in [-0.3, -0.25) is 4.79 Å². The molecule has 2 atom stereocenters. The molecule has 0 saturated heterocycles. The van der Waals surface area contributed by atoms with E-state index in [2.05, 4.69) is 41.8 Å². The summed E-state index contributed by atoms with van der Waals surface area (Å²) in [5.41, 5.74) is 1.14. The average molecular weight is 316 g/mol. The number of carbonyl (C=O) groups is 1. The minimum Gasteiger partial charge on any atom is -0.352 e. The SMILES string of the molecule is CNC1CCCCC1NC(=O)Cc1cccc2sc(C)cc12. The van der Waals surface area contributed by atoms with E-state index in [9.17, 15) is 4.79 Å². The van der Waals surface area contributed by atoms with Gasteiger partial charge in [0.2, 0.25) is 5.91 Å². The molecule has 1 aromatic heterocycles. The second-order valence-electron chi connectivity index (χ2n) is 6.22. The van der Waals surface area contributed by atoms with Gasteiger partial charge in [-0.05, 0) is 49.9 Å². The van der Waals surface area contributed by atoms with Crippen LogP contribution in [0.5, 0.6) is 0 Å². The Bertz CT molecular complexity index is 664. The number of hydrogen-bond acceptors (Lipinski definition) is 3. The highest BCUT2D eigenvalue weighted by Crippen LogP contribution is 2.28. The maximum Gasteiger partial charge on any atom is 0.224 e. The zero-order valence-electron chi connectivity index (χ0n) is 13.3. The van der Waals surface area contributed by atoms with Gasteiger partial charge in [0.25, 0.3) is 0 Å². The minimum absolute atomic E-state index is 0.142. The molecule has 2 N–H and O–H groups in total. The zero-order chi connectivity index (χ0) is 15.5. The van der Waals surface area contributed by atoms with Gasteiger partial charge in [-0.15, -0.1) is 11.3 Å². The van der Waals surface area contributed by atoms with E-state index in [1.165, 1.54) is 27.8 Å². The number of rotatable bonds is 4. The van der Waals surface area contributed by atoms with Gasteiger partial charge in [0, 0.05) is 21.7 Å². The predicted molar refractivity (Wildman–Crippen MR) is 93.5 cm³/mol. The monoisotopic (exact) mass is 316 g/mol. The van der Waals surface area contributed by atoms with Crippen molar-refractivity contribution in [3.05, 3.63) is 34.7 Å². The van der Waals surface area contributed by atoms with Gasteiger partial charge in [-0.2, -0.15) is 0 Å². The standard InChI is InChI=1S/C18H24N2OS/c1-12-10-14-13(6-5-9-17(14)22-12)11-18(21)20-16-8-4-3-7-15(16)19-2/h5-6,9-10,15-16,19H,3-4,7-8,11H2,1-2H3,(H,20,21). The first kappa shape index (κ1) is 15.5. The molecule has 1 aromatic carbocycles. The van der Waals surface area contributed by atoms with E-state index < -0.39 is 0 Å². The van der Waals surface area contributed by atoms with E-state index in [1.807, 2.05) is 7.05 Å². The van der Waals surface area contributed by atoms with Gasteiger partial charge in [0.1, 0.15) is 0 Å². The van der Waals surface area contributed by atoms with Crippen molar-refractivity contribution in [3.63, 3.8) is 0 Å². The molecule has 1 saturated carbocycles. The van der Waals surface area contributed by atoms with E-state index in [1.54, 1.807) is 11.3 Å². The first-order valence-corrected chi connectivity index (χ1v) is 8.93. The molecule has 2 unspecified atom stereocenters. The number of aryl methyl sites for hydroxylation is 1. The summed E-state index contributed by atoms with van der Waals surface area (Å²) in [6, 6.07) is 9.14. The van der Waals surface area contributed by atoms with Crippen LogP contribution in [0.15, 0.2) is 24.3 Å². The first-order chi connectivity index (χ1) is 10.7. The molecule has 0 spiro atoms. The zero-order valence-corrected chi connectivity index (χ0v) is 14.1. The Morgan fingerprint density at radius 1 is 1.27 bits per heavy atom. The smallest absolute Gasteiger partial charge is 0.224 e. The molecule has 0 aliphatic heterocycles. The van der Waals surface area contributed by atoms with Crippen molar-refractivity contribution in [2.24, 2.45) is 0 Å². The molecule has 3 nitrogen and oxygen atoms in total. The lowest BCUT2D eigenvalue weighted by Gasteiger charge is -2.32. The summed E-state index contributed by atoms with van der Waals surface area (Å²) in [5, 5.41) is 7.82. The second-order valence-corrected chi connectivity index (χ2v) is 7.50. The normalized spacial score (nSPS) is 21.9. The molecule has 1 aliphatic carbocycles. The summed E-state index contributed by atoms with van der Waals surface area (Å²) < 4.78 is 1.27. The van der Waals surface area contributed by atoms with Gasteiger partial charge in [0.15, 0.2) is 0 Å². The second kappa shape index (κ2) is 6.80. The lowest BCUT2D eigenvalue weighted by atomic mass is 9.90. The van der Waals surface area contributed by atoms with Crippen LogP contribution in [0, 0.1) is 6.92 Å². The molecule has 0 radical (unpaired) electrons. The number of amides is 1. The fourth-order valence-corrected chi connectivity index (χ4v) is 4.45. The molecule has 1 fully saturated rings.